The maximum atomic E-state index is 13.8. The molecule has 0 radical (unpaired) electrons. The Hall–Kier alpha value is -1.99. The van der Waals surface area contributed by atoms with Gasteiger partial charge in [0.2, 0.25) is 5.91 Å². The number of halogens is 3. The van der Waals surface area contributed by atoms with Gasteiger partial charge in [0.25, 0.3) is 0 Å². The molecule has 5 nitrogen and oxygen atoms in total. The van der Waals surface area contributed by atoms with E-state index in [-0.39, 0.29) is 11.8 Å². The van der Waals surface area contributed by atoms with Crippen molar-refractivity contribution in [1.82, 2.24) is 19.6 Å². The van der Waals surface area contributed by atoms with Crippen LogP contribution < -0.4 is 0 Å². The van der Waals surface area contributed by atoms with Gasteiger partial charge in [-0.3, -0.25) is 14.4 Å². The highest BCUT2D eigenvalue weighted by Gasteiger charge is 2.25. The summed E-state index contributed by atoms with van der Waals surface area (Å²) in [6.07, 6.45) is 3.24. The van der Waals surface area contributed by atoms with Crippen molar-refractivity contribution in [2.75, 3.05) is 26.2 Å². The number of carbonyl (C=O) groups excluding carboxylic acids is 1. The van der Waals surface area contributed by atoms with Crippen LogP contribution in [0.1, 0.15) is 12.5 Å². The van der Waals surface area contributed by atoms with E-state index >= 15 is 0 Å². The molecule has 2 heterocycles. The quantitative estimate of drug-likeness (QED) is 0.798. The smallest absolute Gasteiger partial charge is 0.227 e. The molecule has 26 heavy (non-hydrogen) atoms. The van der Waals surface area contributed by atoms with E-state index in [2.05, 4.69) is 5.10 Å². The predicted octanol–water partition coefficient (Wildman–Crippen LogP) is 2.80. The first-order chi connectivity index (χ1) is 12.4. The largest absolute Gasteiger partial charge is 0.340 e. The molecule has 1 aliphatic rings. The first-order valence-corrected chi connectivity index (χ1v) is 8.94. The third kappa shape index (κ3) is 4.40. The topological polar surface area (TPSA) is 41.4 Å². The van der Waals surface area contributed by atoms with Crippen molar-refractivity contribution in [3.63, 3.8) is 0 Å². The number of piperazine rings is 1. The lowest BCUT2D eigenvalue weighted by atomic mass is 10.1. The van der Waals surface area contributed by atoms with E-state index in [4.69, 9.17) is 11.6 Å². The van der Waals surface area contributed by atoms with E-state index in [1.807, 2.05) is 16.7 Å². The zero-order valence-corrected chi connectivity index (χ0v) is 15.3. The third-order valence-electron chi connectivity index (χ3n) is 4.59. The Labute approximate surface area is 156 Å². The molecule has 1 aromatic heterocycles. The number of hydrogen-bond acceptors (Lipinski definition) is 3. The van der Waals surface area contributed by atoms with Gasteiger partial charge in [0.1, 0.15) is 0 Å². The van der Waals surface area contributed by atoms with E-state index in [0.717, 1.165) is 6.07 Å². The molecule has 0 aliphatic carbocycles. The van der Waals surface area contributed by atoms with Crippen molar-refractivity contribution in [3.8, 4) is 0 Å². The van der Waals surface area contributed by atoms with Crippen LogP contribution in [-0.2, 0) is 17.9 Å². The molecular weight excluding hydrogens is 362 g/mol. The summed E-state index contributed by atoms with van der Waals surface area (Å²) < 4.78 is 28.8. The van der Waals surface area contributed by atoms with Crippen LogP contribution >= 0.6 is 11.6 Å². The summed E-state index contributed by atoms with van der Waals surface area (Å²) in [6, 6.07) is 4.22. The number of hydrogen-bond donors (Lipinski definition) is 0. The number of aromatic nitrogens is 2. The van der Waals surface area contributed by atoms with Crippen LogP contribution in [0.4, 0.5) is 8.78 Å². The molecule has 1 saturated heterocycles. The van der Waals surface area contributed by atoms with Crippen LogP contribution in [0.15, 0.2) is 30.6 Å². The first kappa shape index (κ1) is 18.8. The molecule has 1 atom stereocenters. The molecule has 0 saturated carbocycles. The maximum Gasteiger partial charge on any atom is 0.227 e. The average molecular weight is 383 g/mol. The summed E-state index contributed by atoms with van der Waals surface area (Å²) in [7, 11) is 0. The Morgan fingerprint density at radius 3 is 2.65 bits per heavy atom. The first-order valence-electron chi connectivity index (χ1n) is 8.56. The van der Waals surface area contributed by atoms with Crippen LogP contribution in [0.5, 0.6) is 0 Å². The van der Waals surface area contributed by atoms with Crippen LogP contribution in [0.3, 0.4) is 0 Å². The summed E-state index contributed by atoms with van der Waals surface area (Å²) in [5.41, 5.74) is 0.341. The van der Waals surface area contributed by atoms with Crippen LogP contribution in [-0.4, -0.2) is 51.7 Å². The minimum atomic E-state index is -0.830. The fourth-order valence-corrected chi connectivity index (χ4v) is 3.30. The van der Waals surface area contributed by atoms with E-state index in [1.165, 1.54) is 6.07 Å². The highest BCUT2D eigenvalue weighted by atomic mass is 35.5. The van der Waals surface area contributed by atoms with Gasteiger partial charge < -0.3 is 4.90 Å². The van der Waals surface area contributed by atoms with E-state index < -0.39 is 11.6 Å². The number of nitrogens with zero attached hydrogens (tertiary/aromatic N) is 4. The summed E-state index contributed by atoms with van der Waals surface area (Å²) in [4.78, 5) is 16.4. The van der Waals surface area contributed by atoms with Crippen molar-refractivity contribution < 1.29 is 13.6 Å². The zero-order valence-electron chi connectivity index (χ0n) is 14.5. The van der Waals surface area contributed by atoms with Crippen molar-refractivity contribution >= 4 is 17.5 Å². The summed E-state index contributed by atoms with van der Waals surface area (Å²) in [6.45, 7) is 5.07. The van der Waals surface area contributed by atoms with Gasteiger partial charge in [-0.2, -0.15) is 5.10 Å². The van der Waals surface area contributed by atoms with Gasteiger partial charge in [0.15, 0.2) is 11.6 Å². The summed E-state index contributed by atoms with van der Waals surface area (Å²) in [5, 5.41) is 4.64. The van der Waals surface area contributed by atoms with Crippen molar-refractivity contribution in [3.05, 3.63) is 52.8 Å². The summed E-state index contributed by atoms with van der Waals surface area (Å²) in [5.74, 6) is -1.77. The third-order valence-corrected chi connectivity index (χ3v) is 4.79. The average Bonchev–Trinajstić information content (AvgIpc) is 3.04. The molecule has 2 aromatic rings. The molecule has 1 fully saturated rings. The normalized spacial score (nSPS) is 16.7. The number of amides is 1. The lowest BCUT2D eigenvalue weighted by Gasteiger charge is -2.36. The molecule has 1 aliphatic heterocycles. The summed E-state index contributed by atoms with van der Waals surface area (Å²) >= 11 is 5.84. The van der Waals surface area contributed by atoms with Gasteiger partial charge in [-0.05, 0) is 6.07 Å². The minimum absolute atomic E-state index is 0.0632. The Kier molecular flexibility index (Phi) is 5.88. The van der Waals surface area contributed by atoms with Crippen molar-refractivity contribution in [2.24, 2.45) is 5.92 Å². The Bertz CT molecular complexity index is 774. The van der Waals surface area contributed by atoms with E-state index in [0.29, 0.717) is 49.9 Å². The predicted molar refractivity (Wildman–Crippen MR) is 94.6 cm³/mol. The van der Waals surface area contributed by atoms with Gasteiger partial charge in [0.05, 0.1) is 23.7 Å². The second-order valence-electron chi connectivity index (χ2n) is 6.60. The molecular formula is C18H21ClF2N4O. The van der Waals surface area contributed by atoms with Crippen LogP contribution in [0.2, 0.25) is 5.02 Å². The van der Waals surface area contributed by atoms with Gasteiger partial charge in [-0.15, -0.1) is 0 Å². The lowest BCUT2D eigenvalue weighted by Crippen LogP contribution is -2.50. The molecule has 3 rings (SSSR count). The highest BCUT2D eigenvalue weighted by molar-refractivity contribution is 6.30. The minimum Gasteiger partial charge on any atom is -0.340 e. The van der Waals surface area contributed by atoms with Gasteiger partial charge in [0, 0.05) is 44.5 Å². The second kappa shape index (κ2) is 8.14. The Morgan fingerprint density at radius 1 is 1.27 bits per heavy atom. The Balaban J connectivity index is 1.51. The highest BCUT2D eigenvalue weighted by Crippen LogP contribution is 2.16. The fraction of sp³-hybridized carbons (Fsp3) is 0.444. The SMILES string of the molecule is CC(Cn1cc(Cl)cn1)C(=O)N1CCN(Cc2cccc(F)c2F)CC1. The molecule has 8 heteroatoms. The standard InChI is InChI=1S/C18H21ClF2N4O/c1-13(10-25-12-15(19)9-22-25)18(26)24-7-5-23(6-8-24)11-14-3-2-4-16(20)17(14)21/h2-4,9,12-13H,5-8,10-11H2,1H3. The van der Waals surface area contributed by atoms with Crippen LogP contribution in [0, 0.1) is 17.6 Å². The zero-order chi connectivity index (χ0) is 18.7. The fourth-order valence-electron chi connectivity index (χ4n) is 3.15. The number of benzene rings is 1. The molecule has 0 N–H and O–H groups in total. The van der Waals surface area contributed by atoms with Crippen molar-refractivity contribution in [1.29, 1.82) is 0 Å². The maximum absolute atomic E-state index is 13.8. The molecule has 1 amide bonds. The number of rotatable bonds is 5. The lowest BCUT2D eigenvalue weighted by molar-refractivity contribution is -0.137. The van der Waals surface area contributed by atoms with Gasteiger partial charge >= 0.3 is 0 Å². The Morgan fingerprint density at radius 2 is 2.00 bits per heavy atom. The molecule has 1 unspecified atom stereocenters. The van der Waals surface area contributed by atoms with Gasteiger partial charge in [-0.25, -0.2) is 8.78 Å². The molecule has 0 bridgehead atoms. The molecule has 1 aromatic carbocycles. The monoisotopic (exact) mass is 382 g/mol. The van der Waals surface area contributed by atoms with Gasteiger partial charge in [-0.1, -0.05) is 30.7 Å². The molecule has 0 spiro atoms. The number of carbonyl (C=O) groups is 1. The molecule has 140 valence electrons. The second-order valence-corrected chi connectivity index (χ2v) is 7.03. The van der Waals surface area contributed by atoms with E-state index in [1.54, 1.807) is 23.1 Å². The van der Waals surface area contributed by atoms with E-state index in [9.17, 15) is 13.6 Å². The van der Waals surface area contributed by atoms with Crippen LogP contribution in [0.25, 0.3) is 0 Å². The van der Waals surface area contributed by atoms with Crippen molar-refractivity contribution in [2.45, 2.75) is 20.0 Å².